The van der Waals surface area contributed by atoms with Crippen molar-refractivity contribution in [3.05, 3.63) is 0 Å². The van der Waals surface area contributed by atoms with E-state index in [9.17, 15) is 4.79 Å². The molecule has 0 radical (unpaired) electrons. The van der Waals surface area contributed by atoms with Crippen molar-refractivity contribution in [1.82, 2.24) is 0 Å². The normalized spacial score (nSPS) is 12.4. The van der Waals surface area contributed by atoms with Crippen LogP contribution in [0, 0.1) is 0 Å². The van der Waals surface area contributed by atoms with Gasteiger partial charge in [-0.05, 0) is 13.3 Å². The molecule has 0 aliphatic rings. The minimum Gasteiger partial charge on any atom is -0.465 e. The van der Waals surface area contributed by atoms with Crippen molar-refractivity contribution in [1.29, 1.82) is 0 Å². The maximum Gasteiger partial charge on any atom is 0.318 e. The number of hydrogen-bond donors (Lipinski definition) is 1. The number of unbranched alkanes of at least 4 members (excludes halogenated alkanes) is 7. The van der Waals surface area contributed by atoms with Gasteiger partial charge in [0.25, 0.3) is 0 Å². The monoisotopic (exact) mass is 260 g/mol. The van der Waals surface area contributed by atoms with Gasteiger partial charge >= 0.3 is 5.97 Å². The topological polar surface area (TPSA) is 26.3 Å². The molecule has 17 heavy (non-hydrogen) atoms. The lowest BCUT2D eigenvalue weighted by Crippen LogP contribution is -2.17. The Hall–Kier alpha value is -0.180. The standard InChI is InChI=1S/C14H28O2S/c1-3-5-6-7-8-9-10-11-12-13(17)14(15)16-4-2/h13,17H,3-12H2,1-2H3. The van der Waals surface area contributed by atoms with E-state index < -0.39 is 0 Å². The number of carbonyl (C=O) groups is 1. The first-order valence-corrected chi connectivity index (χ1v) is 7.58. The molecule has 3 heteroatoms. The van der Waals surface area contributed by atoms with Crippen molar-refractivity contribution < 1.29 is 9.53 Å². The van der Waals surface area contributed by atoms with Gasteiger partial charge in [-0.25, -0.2) is 0 Å². The van der Waals surface area contributed by atoms with Crippen LogP contribution < -0.4 is 0 Å². The summed E-state index contributed by atoms with van der Waals surface area (Å²) in [7, 11) is 0. The first kappa shape index (κ1) is 16.8. The number of esters is 1. The quantitative estimate of drug-likeness (QED) is 0.339. The Labute approximate surface area is 112 Å². The van der Waals surface area contributed by atoms with Crippen LogP contribution in [0.25, 0.3) is 0 Å². The fourth-order valence-electron chi connectivity index (χ4n) is 1.83. The summed E-state index contributed by atoms with van der Waals surface area (Å²) < 4.78 is 4.91. The molecule has 0 rings (SSSR count). The Kier molecular flexibility index (Phi) is 12.2. The summed E-state index contributed by atoms with van der Waals surface area (Å²) in [5, 5.41) is -0.227. The van der Waals surface area contributed by atoms with Gasteiger partial charge < -0.3 is 4.74 Å². The van der Waals surface area contributed by atoms with E-state index in [1.807, 2.05) is 6.92 Å². The zero-order chi connectivity index (χ0) is 12.9. The van der Waals surface area contributed by atoms with Crippen molar-refractivity contribution in [3.63, 3.8) is 0 Å². The Morgan fingerprint density at radius 2 is 1.53 bits per heavy atom. The lowest BCUT2D eigenvalue weighted by Gasteiger charge is -2.09. The third-order valence-electron chi connectivity index (χ3n) is 2.89. The van der Waals surface area contributed by atoms with Gasteiger partial charge in [0, 0.05) is 0 Å². The zero-order valence-corrected chi connectivity index (χ0v) is 12.3. The summed E-state index contributed by atoms with van der Waals surface area (Å²) in [6.07, 6.45) is 11.1. The van der Waals surface area contributed by atoms with Gasteiger partial charge in [-0.1, -0.05) is 58.3 Å². The van der Waals surface area contributed by atoms with Crippen LogP contribution in [0.15, 0.2) is 0 Å². The van der Waals surface area contributed by atoms with E-state index in [-0.39, 0.29) is 11.2 Å². The highest BCUT2D eigenvalue weighted by Crippen LogP contribution is 2.13. The molecule has 0 amide bonds. The van der Waals surface area contributed by atoms with E-state index in [0.717, 1.165) is 12.8 Å². The van der Waals surface area contributed by atoms with Gasteiger partial charge in [0.15, 0.2) is 0 Å². The van der Waals surface area contributed by atoms with Crippen molar-refractivity contribution in [3.8, 4) is 0 Å². The molecule has 1 unspecified atom stereocenters. The zero-order valence-electron chi connectivity index (χ0n) is 11.4. The van der Waals surface area contributed by atoms with Gasteiger partial charge in [0.1, 0.15) is 0 Å². The van der Waals surface area contributed by atoms with E-state index in [1.165, 1.54) is 44.9 Å². The van der Waals surface area contributed by atoms with Crippen LogP contribution in [0.3, 0.4) is 0 Å². The summed E-state index contributed by atoms with van der Waals surface area (Å²) >= 11 is 4.26. The lowest BCUT2D eigenvalue weighted by atomic mass is 10.1. The molecule has 0 aliphatic carbocycles. The molecular formula is C14H28O2S. The van der Waals surface area contributed by atoms with E-state index in [0.29, 0.717) is 6.61 Å². The maximum atomic E-state index is 11.3. The molecule has 0 aromatic carbocycles. The third kappa shape index (κ3) is 10.7. The number of thiol groups is 1. The van der Waals surface area contributed by atoms with E-state index in [4.69, 9.17) is 4.74 Å². The second-order valence-electron chi connectivity index (χ2n) is 4.53. The fourth-order valence-corrected chi connectivity index (χ4v) is 2.08. The summed E-state index contributed by atoms with van der Waals surface area (Å²) in [6.45, 7) is 4.52. The van der Waals surface area contributed by atoms with Gasteiger partial charge in [-0.2, -0.15) is 12.6 Å². The van der Waals surface area contributed by atoms with E-state index in [2.05, 4.69) is 19.6 Å². The molecule has 0 heterocycles. The van der Waals surface area contributed by atoms with Gasteiger partial charge in [0.05, 0.1) is 11.9 Å². The third-order valence-corrected chi connectivity index (χ3v) is 3.36. The predicted molar refractivity (Wildman–Crippen MR) is 76.6 cm³/mol. The van der Waals surface area contributed by atoms with Crippen molar-refractivity contribution >= 4 is 18.6 Å². The Morgan fingerprint density at radius 1 is 1.00 bits per heavy atom. The molecule has 0 fully saturated rings. The van der Waals surface area contributed by atoms with Crippen LogP contribution in [-0.4, -0.2) is 17.8 Å². The number of hydrogen-bond acceptors (Lipinski definition) is 3. The molecule has 1 atom stereocenters. The molecule has 0 aliphatic heterocycles. The summed E-state index contributed by atoms with van der Waals surface area (Å²) in [5.74, 6) is -0.168. The van der Waals surface area contributed by atoms with Crippen LogP contribution >= 0.6 is 12.6 Å². The highest BCUT2D eigenvalue weighted by atomic mass is 32.1. The first-order valence-electron chi connectivity index (χ1n) is 7.07. The molecular weight excluding hydrogens is 232 g/mol. The van der Waals surface area contributed by atoms with E-state index in [1.54, 1.807) is 0 Å². The van der Waals surface area contributed by atoms with Crippen LogP contribution in [0.5, 0.6) is 0 Å². The Bertz CT molecular complexity index is 183. The van der Waals surface area contributed by atoms with Crippen LogP contribution in [-0.2, 0) is 9.53 Å². The lowest BCUT2D eigenvalue weighted by molar-refractivity contribution is -0.142. The SMILES string of the molecule is CCCCCCCCCCC(S)C(=O)OCC. The molecule has 0 N–H and O–H groups in total. The smallest absolute Gasteiger partial charge is 0.318 e. The van der Waals surface area contributed by atoms with Crippen molar-refractivity contribution in [2.45, 2.75) is 76.9 Å². The minimum absolute atomic E-state index is 0.168. The maximum absolute atomic E-state index is 11.3. The Balaban J connectivity index is 3.24. The predicted octanol–water partition coefficient (Wildman–Crippen LogP) is 4.38. The summed E-state index contributed by atoms with van der Waals surface area (Å²) in [4.78, 5) is 11.3. The molecule has 0 spiro atoms. The minimum atomic E-state index is -0.227. The summed E-state index contributed by atoms with van der Waals surface area (Å²) in [6, 6.07) is 0. The van der Waals surface area contributed by atoms with Gasteiger partial charge in [-0.15, -0.1) is 0 Å². The summed E-state index contributed by atoms with van der Waals surface area (Å²) in [5.41, 5.74) is 0. The number of carbonyl (C=O) groups excluding carboxylic acids is 1. The van der Waals surface area contributed by atoms with Gasteiger partial charge in [-0.3, -0.25) is 4.79 Å². The molecule has 0 saturated heterocycles. The van der Waals surface area contributed by atoms with Crippen LogP contribution in [0.4, 0.5) is 0 Å². The Morgan fingerprint density at radius 3 is 2.06 bits per heavy atom. The first-order chi connectivity index (χ1) is 8.22. The van der Waals surface area contributed by atoms with Crippen molar-refractivity contribution in [2.24, 2.45) is 0 Å². The molecule has 0 aromatic heterocycles. The van der Waals surface area contributed by atoms with Crippen molar-refractivity contribution in [2.75, 3.05) is 6.61 Å². The molecule has 2 nitrogen and oxygen atoms in total. The highest BCUT2D eigenvalue weighted by Gasteiger charge is 2.13. The average molecular weight is 260 g/mol. The second kappa shape index (κ2) is 12.3. The number of rotatable bonds is 11. The van der Waals surface area contributed by atoms with Crippen LogP contribution in [0.1, 0.15) is 71.6 Å². The molecule has 0 saturated carbocycles. The van der Waals surface area contributed by atoms with Gasteiger partial charge in [0.2, 0.25) is 0 Å². The highest BCUT2D eigenvalue weighted by molar-refractivity contribution is 7.81. The molecule has 0 bridgehead atoms. The fraction of sp³-hybridized carbons (Fsp3) is 0.929. The average Bonchev–Trinajstić information content (AvgIpc) is 2.32. The number of ether oxygens (including phenoxy) is 1. The molecule has 102 valence electrons. The van der Waals surface area contributed by atoms with Crippen LogP contribution in [0.2, 0.25) is 0 Å². The second-order valence-corrected chi connectivity index (χ2v) is 5.15. The van der Waals surface area contributed by atoms with E-state index >= 15 is 0 Å². The largest absolute Gasteiger partial charge is 0.465 e. The molecule has 0 aromatic rings.